The summed E-state index contributed by atoms with van der Waals surface area (Å²) in [6, 6.07) is 5.95. The number of hydrogen-bond donors (Lipinski definition) is 1. The van der Waals surface area contributed by atoms with Crippen LogP contribution in [-0.4, -0.2) is 20.3 Å². The van der Waals surface area contributed by atoms with Gasteiger partial charge in [-0.25, -0.2) is 4.79 Å². The number of nitrogens with zero attached hydrogens (tertiary/aromatic N) is 1. The number of aromatic nitrogens is 1. The average Bonchev–Trinajstić information content (AvgIpc) is 2.41. The Labute approximate surface area is 127 Å². The van der Waals surface area contributed by atoms with Crippen molar-refractivity contribution in [3.8, 4) is 0 Å². The molecule has 0 aliphatic rings. The SMILES string of the molecule is O=C(O)c1cc(S(=O)Cc2ccncc2Cl)ccc1Cl. The second-order valence-electron chi connectivity index (χ2n) is 3.90. The molecule has 0 aliphatic heterocycles. The summed E-state index contributed by atoms with van der Waals surface area (Å²) >= 11 is 11.7. The van der Waals surface area contributed by atoms with Crippen LogP contribution in [0.15, 0.2) is 41.6 Å². The first kappa shape index (κ1) is 15.0. The van der Waals surface area contributed by atoms with Crippen LogP contribution in [0.3, 0.4) is 0 Å². The Hall–Kier alpha value is -1.43. The van der Waals surface area contributed by atoms with Gasteiger partial charge in [-0.15, -0.1) is 0 Å². The Morgan fingerprint density at radius 3 is 2.65 bits per heavy atom. The smallest absolute Gasteiger partial charge is 0.337 e. The first-order chi connectivity index (χ1) is 9.49. The van der Waals surface area contributed by atoms with Gasteiger partial charge in [-0.2, -0.15) is 0 Å². The number of rotatable bonds is 4. The van der Waals surface area contributed by atoms with Crippen LogP contribution in [0.2, 0.25) is 10.0 Å². The molecule has 4 nitrogen and oxygen atoms in total. The number of halogens is 2. The highest BCUT2D eigenvalue weighted by molar-refractivity contribution is 7.84. The van der Waals surface area contributed by atoms with E-state index < -0.39 is 16.8 Å². The van der Waals surface area contributed by atoms with Crippen LogP contribution in [0.1, 0.15) is 15.9 Å². The molecular weight excluding hydrogens is 321 g/mol. The van der Waals surface area contributed by atoms with E-state index in [4.69, 9.17) is 28.3 Å². The van der Waals surface area contributed by atoms with Crippen LogP contribution < -0.4 is 0 Å². The van der Waals surface area contributed by atoms with E-state index in [1.807, 2.05) is 0 Å². The minimum absolute atomic E-state index is 0.0710. The minimum atomic E-state index is -1.41. The average molecular weight is 330 g/mol. The van der Waals surface area contributed by atoms with Crippen LogP contribution in [0.5, 0.6) is 0 Å². The molecule has 0 aliphatic carbocycles. The highest BCUT2D eigenvalue weighted by Gasteiger charge is 2.14. The summed E-state index contributed by atoms with van der Waals surface area (Å²) in [6.07, 6.45) is 3.03. The molecule has 0 radical (unpaired) electrons. The third kappa shape index (κ3) is 3.36. The van der Waals surface area contributed by atoms with Crippen molar-refractivity contribution in [3.63, 3.8) is 0 Å². The Kier molecular flexibility index (Phi) is 4.75. The molecular formula is C13H9Cl2NO3S. The lowest BCUT2D eigenvalue weighted by Gasteiger charge is -2.06. The lowest BCUT2D eigenvalue weighted by atomic mass is 10.2. The molecule has 1 atom stereocenters. The van der Waals surface area contributed by atoms with Gasteiger partial charge in [0.25, 0.3) is 0 Å². The Morgan fingerprint density at radius 2 is 2.00 bits per heavy atom. The highest BCUT2D eigenvalue weighted by atomic mass is 35.5. The first-order valence-corrected chi connectivity index (χ1v) is 7.56. The summed E-state index contributed by atoms with van der Waals surface area (Å²) in [5.74, 6) is -0.974. The number of aromatic carboxylic acids is 1. The van der Waals surface area contributed by atoms with Gasteiger partial charge in [0.05, 0.1) is 32.2 Å². The van der Waals surface area contributed by atoms with Crippen molar-refractivity contribution in [2.75, 3.05) is 0 Å². The van der Waals surface area contributed by atoms with Crippen molar-refractivity contribution in [1.82, 2.24) is 4.98 Å². The van der Waals surface area contributed by atoms with Gasteiger partial charge in [-0.05, 0) is 29.8 Å². The van der Waals surface area contributed by atoms with Gasteiger partial charge in [-0.3, -0.25) is 9.19 Å². The maximum Gasteiger partial charge on any atom is 0.337 e. The molecule has 0 saturated heterocycles. The van der Waals surface area contributed by atoms with Crippen molar-refractivity contribution < 1.29 is 14.1 Å². The van der Waals surface area contributed by atoms with Crippen LogP contribution in [0, 0.1) is 0 Å². The molecule has 2 rings (SSSR count). The fraction of sp³-hybridized carbons (Fsp3) is 0.0769. The fourth-order valence-electron chi connectivity index (χ4n) is 1.56. The van der Waals surface area contributed by atoms with Crippen LogP contribution in [0.25, 0.3) is 0 Å². The van der Waals surface area contributed by atoms with Gasteiger partial charge in [0.2, 0.25) is 0 Å². The largest absolute Gasteiger partial charge is 0.478 e. The Bertz CT molecular complexity index is 691. The van der Waals surface area contributed by atoms with Crippen LogP contribution in [0.4, 0.5) is 0 Å². The second kappa shape index (κ2) is 6.35. The molecule has 2 aromatic rings. The van der Waals surface area contributed by atoms with E-state index in [-0.39, 0.29) is 16.3 Å². The quantitative estimate of drug-likeness (QED) is 0.933. The van der Waals surface area contributed by atoms with Gasteiger partial charge in [0.1, 0.15) is 0 Å². The normalized spacial score (nSPS) is 12.1. The zero-order valence-corrected chi connectivity index (χ0v) is 12.4. The van der Waals surface area contributed by atoms with E-state index in [1.165, 1.54) is 18.3 Å². The standard InChI is InChI=1S/C13H9Cl2NO3S/c14-11-2-1-9(5-10(11)13(17)18)20(19)7-8-3-4-16-6-12(8)15/h1-6H,7H2,(H,17,18). The molecule has 0 fully saturated rings. The monoisotopic (exact) mass is 329 g/mol. The summed E-state index contributed by atoms with van der Waals surface area (Å²) in [5, 5.41) is 9.53. The minimum Gasteiger partial charge on any atom is -0.478 e. The predicted molar refractivity (Wildman–Crippen MR) is 77.8 cm³/mol. The molecule has 1 N–H and O–H groups in total. The number of benzene rings is 1. The number of carboxylic acid groups (broad SMARTS) is 1. The number of pyridine rings is 1. The first-order valence-electron chi connectivity index (χ1n) is 5.48. The second-order valence-corrected chi connectivity index (χ2v) is 6.17. The van der Waals surface area contributed by atoms with Crippen LogP contribution in [-0.2, 0) is 16.6 Å². The van der Waals surface area contributed by atoms with E-state index >= 15 is 0 Å². The summed E-state index contributed by atoms with van der Waals surface area (Å²) in [6.45, 7) is 0. The third-order valence-corrected chi connectivity index (χ3v) is 4.60. The van der Waals surface area contributed by atoms with Crippen LogP contribution >= 0.6 is 23.2 Å². The summed E-state index contributed by atoms with van der Waals surface area (Å²) < 4.78 is 12.2. The van der Waals surface area contributed by atoms with E-state index in [1.54, 1.807) is 18.3 Å². The molecule has 20 heavy (non-hydrogen) atoms. The Balaban J connectivity index is 2.28. The molecule has 0 amide bonds. The van der Waals surface area contributed by atoms with Gasteiger partial charge in [-0.1, -0.05) is 23.2 Å². The topological polar surface area (TPSA) is 67.3 Å². The lowest BCUT2D eigenvalue weighted by molar-refractivity contribution is 0.0697. The van der Waals surface area contributed by atoms with E-state index in [9.17, 15) is 9.00 Å². The summed E-state index contributed by atoms with van der Waals surface area (Å²) in [5.41, 5.74) is 0.616. The maximum atomic E-state index is 12.2. The van der Waals surface area contributed by atoms with Gasteiger partial charge in [0, 0.05) is 17.3 Å². The van der Waals surface area contributed by atoms with Crippen molar-refractivity contribution in [1.29, 1.82) is 0 Å². The number of hydrogen-bond acceptors (Lipinski definition) is 3. The van der Waals surface area contributed by atoms with Gasteiger partial charge >= 0.3 is 5.97 Å². The van der Waals surface area contributed by atoms with E-state index in [0.29, 0.717) is 15.5 Å². The molecule has 0 bridgehead atoms. The van der Waals surface area contributed by atoms with Crippen molar-refractivity contribution in [2.24, 2.45) is 0 Å². The van der Waals surface area contributed by atoms with Crippen molar-refractivity contribution >= 4 is 40.0 Å². The highest BCUT2D eigenvalue weighted by Crippen LogP contribution is 2.23. The lowest BCUT2D eigenvalue weighted by Crippen LogP contribution is -2.02. The molecule has 0 saturated carbocycles. The molecule has 1 aromatic carbocycles. The van der Waals surface area contributed by atoms with E-state index in [0.717, 1.165) is 0 Å². The molecule has 1 aromatic heterocycles. The van der Waals surface area contributed by atoms with E-state index in [2.05, 4.69) is 4.98 Å². The molecule has 104 valence electrons. The zero-order chi connectivity index (χ0) is 14.7. The van der Waals surface area contributed by atoms with Crippen molar-refractivity contribution in [3.05, 3.63) is 57.8 Å². The molecule has 1 unspecified atom stereocenters. The fourth-order valence-corrected chi connectivity index (χ4v) is 3.19. The summed E-state index contributed by atoms with van der Waals surface area (Å²) in [7, 11) is -1.41. The molecule has 1 heterocycles. The molecule has 7 heteroatoms. The van der Waals surface area contributed by atoms with Gasteiger partial charge in [0.15, 0.2) is 0 Å². The Morgan fingerprint density at radius 1 is 1.25 bits per heavy atom. The summed E-state index contributed by atoms with van der Waals surface area (Å²) in [4.78, 5) is 15.2. The molecule has 0 spiro atoms. The third-order valence-electron chi connectivity index (χ3n) is 2.57. The number of carbonyl (C=O) groups is 1. The zero-order valence-electron chi connectivity index (χ0n) is 10.0. The number of carboxylic acids is 1. The predicted octanol–water partition coefficient (Wildman–Crippen LogP) is 3.39. The maximum absolute atomic E-state index is 12.2. The van der Waals surface area contributed by atoms with Gasteiger partial charge < -0.3 is 5.11 Å². The van der Waals surface area contributed by atoms with Crippen molar-refractivity contribution in [2.45, 2.75) is 10.6 Å².